The highest BCUT2D eigenvalue weighted by Crippen LogP contribution is 2.40. The number of halogens is 1. The Labute approximate surface area is 136 Å². The van der Waals surface area contributed by atoms with E-state index in [0.717, 1.165) is 17.2 Å². The van der Waals surface area contributed by atoms with Crippen LogP contribution in [0.5, 0.6) is 11.5 Å². The molecule has 4 rings (SSSR count). The number of fused-ring (bicyclic) bond motifs is 2. The van der Waals surface area contributed by atoms with E-state index in [9.17, 15) is 4.79 Å². The third-order valence-corrected chi connectivity index (χ3v) is 3.84. The van der Waals surface area contributed by atoms with Crippen molar-refractivity contribution in [2.45, 2.75) is 0 Å². The Kier molecular flexibility index (Phi) is 3.24. The van der Waals surface area contributed by atoms with Gasteiger partial charge in [0, 0.05) is 10.9 Å². The van der Waals surface area contributed by atoms with E-state index in [0.29, 0.717) is 33.2 Å². The molecule has 2 aromatic carbocycles. The van der Waals surface area contributed by atoms with Crippen LogP contribution in [0.2, 0.25) is 5.02 Å². The standard InChI is InChI=1S/C18H10ClNO3/c19-14-10-22-18-16(14)17(13-3-1-2-4-15(13)20-18)23-12-7-5-11(9-21)6-8-12/h1-10H. The van der Waals surface area contributed by atoms with E-state index < -0.39 is 0 Å². The summed E-state index contributed by atoms with van der Waals surface area (Å²) in [6.07, 6.45) is 2.23. The van der Waals surface area contributed by atoms with E-state index in [2.05, 4.69) is 4.98 Å². The Hall–Kier alpha value is -2.85. The molecule has 0 atom stereocenters. The Morgan fingerprint density at radius 1 is 1.09 bits per heavy atom. The number of benzene rings is 2. The van der Waals surface area contributed by atoms with Gasteiger partial charge in [-0.3, -0.25) is 4.79 Å². The summed E-state index contributed by atoms with van der Waals surface area (Å²) in [7, 11) is 0. The van der Waals surface area contributed by atoms with Gasteiger partial charge in [-0.2, -0.15) is 0 Å². The van der Waals surface area contributed by atoms with Crippen LogP contribution in [0.4, 0.5) is 0 Å². The van der Waals surface area contributed by atoms with E-state index in [1.807, 2.05) is 24.3 Å². The SMILES string of the molecule is O=Cc1ccc(Oc2c3ccccc3nc3occ(Cl)c23)cc1. The van der Waals surface area contributed by atoms with Crippen LogP contribution in [0.1, 0.15) is 10.4 Å². The van der Waals surface area contributed by atoms with Crippen LogP contribution in [0, 0.1) is 0 Å². The third-order valence-electron chi connectivity index (χ3n) is 3.56. The lowest BCUT2D eigenvalue weighted by Gasteiger charge is -2.10. The molecule has 2 aromatic heterocycles. The number of carbonyl (C=O) groups is 1. The molecule has 0 radical (unpaired) electrons. The van der Waals surface area contributed by atoms with Gasteiger partial charge in [0.05, 0.1) is 10.5 Å². The van der Waals surface area contributed by atoms with Gasteiger partial charge in [0.1, 0.15) is 23.7 Å². The van der Waals surface area contributed by atoms with Crippen molar-refractivity contribution in [1.82, 2.24) is 4.98 Å². The molecule has 23 heavy (non-hydrogen) atoms. The van der Waals surface area contributed by atoms with Gasteiger partial charge in [-0.1, -0.05) is 23.7 Å². The number of rotatable bonds is 3. The number of hydrogen-bond donors (Lipinski definition) is 0. The largest absolute Gasteiger partial charge is 0.456 e. The second-order valence-electron chi connectivity index (χ2n) is 5.01. The number of aldehydes is 1. The molecule has 2 heterocycles. The van der Waals surface area contributed by atoms with Gasteiger partial charge < -0.3 is 9.15 Å². The molecule has 0 aliphatic carbocycles. The average Bonchev–Trinajstić information content (AvgIpc) is 2.96. The minimum absolute atomic E-state index is 0.424. The molecule has 0 aliphatic rings. The maximum absolute atomic E-state index is 10.8. The zero-order valence-electron chi connectivity index (χ0n) is 11.8. The fourth-order valence-electron chi connectivity index (χ4n) is 2.46. The Morgan fingerprint density at radius 2 is 1.87 bits per heavy atom. The zero-order chi connectivity index (χ0) is 15.8. The second-order valence-corrected chi connectivity index (χ2v) is 5.42. The molecule has 0 amide bonds. The lowest BCUT2D eigenvalue weighted by Crippen LogP contribution is -1.90. The van der Waals surface area contributed by atoms with Crippen molar-refractivity contribution in [2.24, 2.45) is 0 Å². The van der Waals surface area contributed by atoms with E-state index in [-0.39, 0.29) is 0 Å². The predicted octanol–water partition coefficient (Wildman–Crippen LogP) is 5.24. The molecule has 0 N–H and O–H groups in total. The molecule has 0 unspecified atom stereocenters. The molecule has 0 fully saturated rings. The summed E-state index contributed by atoms with van der Waals surface area (Å²) >= 11 is 6.23. The average molecular weight is 324 g/mol. The fraction of sp³-hybridized carbons (Fsp3) is 0. The normalized spacial score (nSPS) is 11.0. The molecule has 5 heteroatoms. The van der Waals surface area contributed by atoms with Gasteiger partial charge >= 0.3 is 0 Å². The van der Waals surface area contributed by atoms with E-state index in [1.165, 1.54) is 6.26 Å². The summed E-state index contributed by atoms with van der Waals surface area (Å²) < 4.78 is 11.4. The van der Waals surface area contributed by atoms with Gasteiger partial charge in [0.25, 0.3) is 0 Å². The maximum atomic E-state index is 10.8. The van der Waals surface area contributed by atoms with Gasteiger partial charge in [-0.25, -0.2) is 4.98 Å². The summed E-state index contributed by atoms with van der Waals surface area (Å²) in [5, 5.41) is 1.91. The van der Waals surface area contributed by atoms with Crippen LogP contribution in [-0.2, 0) is 0 Å². The second kappa shape index (κ2) is 5.41. The van der Waals surface area contributed by atoms with E-state index in [4.69, 9.17) is 20.8 Å². The Bertz CT molecular complexity index is 1020. The van der Waals surface area contributed by atoms with Crippen LogP contribution in [0.15, 0.2) is 59.2 Å². The van der Waals surface area contributed by atoms with Crippen molar-refractivity contribution in [3.8, 4) is 11.5 Å². The molecule has 0 aliphatic heterocycles. The maximum Gasteiger partial charge on any atom is 0.231 e. The highest BCUT2D eigenvalue weighted by molar-refractivity contribution is 6.36. The number of aromatic nitrogens is 1. The van der Waals surface area contributed by atoms with E-state index in [1.54, 1.807) is 24.3 Å². The summed E-state index contributed by atoms with van der Waals surface area (Å²) in [4.78, 5) is 15.2. The van der Waals surface area contributed by atoms with Crippen LogP contribution in [0.25, 0.3) is 22.0 Å². The number of nitrogens with zero attached hydrogens (tertiary/aromatic N) is 1. The minimum atomic E-state index is 0.424. The number of hydrogen-bond acceptors (Lipinski definition) is 4. The van der Waals surface area contributed by atoms with Gasteiger partial charge in [0.2, 0.25) is 5.71 Å². The summed E-state index contributed by atoms with van der Waals surface area (Å²) in [6, 6.07) is 14.5. The summed E-state index contributed by atoms with van der Waals surface area (Å²) in [5.41, 5.74) is 1.77. The minimum Gasteiger partial charge on any atom is -0.456 e. The van der Waals surface area contributed by atoms with Gasteiger partial charge in [-0.05, 0) is 36.4 Å². The lowest BCUT2D eigenvalue weighted by atomic mass is 10.1. The third kappa shape index (κ3) is 2.33. The van der Waals surface area contributed by atoms with Crippen LogP contribution >= 0.6 is 11.6 Å². The van der Waals surface area contributed by atoms with Crippen LogP contribution in [0.3, 0.4) is 0 Å². The molecular formula is C18H10ClNO3. The van der Waals surface area contributed by atoms with Gasteiger partial charge in [0.15, 0.2) is 5.75 Å². The molecule has 0 saturated carbocycles. The molecule has 112 valence electrons. The predicted molar refractivity (Wildman–Crippen MR) is 88.4 cm³/mol. The lowest BCUT2D eigenvalue weighted by molar-refractivity contribution is 0.112. The zero-order valence-corrected chi connectivity index (χ0v) is 12.6. The Morgan fingerprint density at radius 3 is 2.65 bits per heavy atom. The quantitative estimate of drug-likeness (QED) is 0.484. The van der Waals surface area contributed by atoms with Crippen molar-refractivity contribution in [1.29, 1.82) is 0 Å². The summed E-state index contributed by atoms with van der Waals surface area (Å²) in [6.45, 7) is 0. The first-order valence-corrected chi connectivity index (χ1v) is 7.32. The molecule has 0 saturated heterocycles. The number of para-hydroxylation sites is 1. The fourth-order valence-corrected chi connectivity index (χ4v) is 2.67. The van der Waals surface area contributed by atoms with Gasteiger partial charge in [-0.15, -0.1) is 0 Å². The first-order chi connectivity index (χ1) is 11.3. The van der Waals surface area contributed by atoms with Crippen molar-refractivity contribution in [3.63, 3.8) is 0 Å². The molecule has 0 spiro atoms. The monoisotopic (exact) mass is 323 g/mol. The first-order valence-electron chi connectivity index (χ1n) is 6.95. The highest BCUT2D eigenvalue weighted by atomic mass is 35.5. The first kappa shape index (κ1) is 13.8. The molecular weight excluding hydrogens is 314 g/mol. The van der Waals surface area contributed by atoms with Crippen molar-refractivity contribution in [2.75, 3.05) is 0 Å². The van der Waals surface area contributed by atoms with E-state index >= 15 is 0 Å². The van der Waals surface area contributed by atoms with Crippen molar-refractivity contribution < 1.29 is 13.9 Å². The van der Waals surface area contributed by atoms with Crippen LogP contribution < -0.4 is 4.74 Å². The molecule has 0 bridgehead atoms. The number of pyridine rings is 1. The van der Waals surface area contributed by atoms with Crippen molar-refractivity contribution in [3.05, 3.63) is 65.4 Å². The van der Waals surface area contributed by atoms with Crippen LogP contribution in [-0.4, -0.2) is 11.3 Å². The smallest absolute Gasteiger partial charge is 0.231 e. The topological polar surface area (TPSA) is 52.3 Å². The highest BCUT2D eigenvalue weighted by Gasteiger charge is 2.17. The number of carbonyl (C=O) groups excluding carboxylic acids is 1. The van der Waals surface area contributed by atoms with Crippen molar-refractivity contribution >= 4 is 39.9 Å². The summed E-state index contributed by atoms with van der Waals surface area (Å²) in [5.74, 6) is 1.19. The molecule has 4 aromatic rings. The Balaban J connectivity index is 1.94. The number of furan rings is 1. The number of ether oxygens (including phenoxy) is 1. The molecule has 4 nitrogen and oxygen atoms in total.